The Hall–Kier alpha value is -2.01. The van der Waals surface area contributed by atoms with Crippen molar-refractivity contribution in [2.45, 2.75) is 12.7 Å². The van der Waals surface area contributed by atoms with Gasteiger partial charge in [-0.05, 0) is 36.9 Å². The Balaban J connectivity index is 2.22. The molecule has 0 spiro atoms. The van der Waals surface area contributed by atoms with Crippen LogP contribution in [0.4, 0.5) is 13.2 Å². The van der Waals surface area contributed by atoms with Crippen LogP contribution < -0.4 is 10.1 Å². The molecule has 2 aromatic rings. The van der Waals surface area contributed by atoms with Crippen molar-refractivity contribution in [2.75, 3.05) is 7.05 Å². The fourth-order valence-electron chi connectivity index (χ4n) is 1.80. The smallest absolute Gasteiger partial charge is 0.419 e. The minimum atomic E-state index is -4.43. The average Bonchev–Trinajstić information content (AvgIpc) is 2.41. The number of rotatable bonds is 4. The molecule has 0 aliphatic rings. The van der Waals surface area contributed by atoms with Crippen molar-refractivity contribution in [3.8, 4) is 11.5 Å². The largest absolute Gasteiger partial charge is 0.457 e. The number of alkyl halides is 3. The molecule has 0 radical (unpaired) electrons. The third kappa shape index (κ3) is 3.51. The van der Waals surface area contributed by atoms with E-state index in [0.717, 1.165) is 11.6 Å². The summed E-state index contributed by atoms with van der Waals surface area (Å²) in [7, 11) is 1.82. The highest BCUT2D eigenvalue weighted by Crippen LogP contribution is 2.37. The van der Waals surface area contributed by atoms with Crippen molar-refractivity contribution in [2.24, 2.45) is 0 Å². The molecule has 1 N–H and O–H groups in total. The summed E-state index contributed by atoms with van der Waals surface area (Å²) in [5.74, 6) is 0.183. The minimum Gasteiger partial charge on any atom is -0.457 e. The summed E-state index contributed by atoms with van der Waals surface area (Å²) in [5.41, 5.74) is 0.253. The summed E-state index contributed by atoms with van der Waals surface area (Å²) < 4.78 is 43.8. The molecule has 20 heavy (non-hydrogen) atoms. The molecule has 0 aliphatic carbocycles. The zero-order valence-electron chi connectivity index (χ0n) is 10.9. The fourth-order valence-corrected chi connectivity index (χ4v) is 1.80. The normalized spacial score (nSPS) is 11.4. The Morgan fingerprint density at radius 2 is 1.65 bits per heavy atom. The van der Waals surface area contributed by atoms with Crippen molar-refractivity contribution >= 4 is 0 Å². The van der Waals surface area contributed by atoms with Gasteiger partial charge in [0.05, 0.1) is 5.56 Å². The fraction of sp³-hybridized carbons (Fsp3) is 0.200. The van der Waals surface area contributed by atoms with Gasteiger partial charge < -0.3 is 10.1 Å². The molecular weight excluding hydrogens is 267 g/mol. The summed E-state index contributed by atoms with van der Waals surface area (Å²) in [6.45, 7) is 0.694. The molecule has 0 aliphatic heterocycles. The Morgan fingerprint density at radius 1 is 1.00 bits per heavy atom. The van der Waals surface area contributed by atoms with Crippen molar-refractivity contribution in [1.82, 2.24) is 5.32 Å². The molecule has 0 fully saturated rings. The predicted octanol–water partition coefficient (Wildman–Crippen LogP) is 4.22. The topological polar surface area (TPSA) is 21.3 Å². The summed E-state index contributed by atoms with van der Waals surface area (Å²) in [6.07, 6.45) is -4.43. The lowest BCUT2D eigenvalue weighted by Crippen LogP contribution is -2.07. The third-order valence-corrected chi connectivity index (χ3v) is 2.72. The maximum atomic E-state index is 12.8. The summed E-state index contributed by atoms with van der Waals surface area (Å²) in [5, 5.41) is 2.99. The molecule has 2 aromatic carbocycles. The lowest BCUT2D eigenvalue weighted by molar-refractivity contribution is -0.138. The Labute approximate surface area is 115 Å². The van der Waals surface area contributed by atoms with E-state index in [-0.39, 0.29) is 5.75 Å². The molecule has 106 valence electrons. The second-order valence-corrected chi connectivity index (χ2v) is 4.27. The van der Waals surface area contributed by atoms with Crippen LogP contribution in [-0.2, 0) is 12.7 Å². The molecule has 0 saturated heterocycles. The molecule has 2 nitrogen and oxygen atoms in total. The van der Waals surface area contributed by atoms with E-state index in [9.17, 15) is 13.2 Å². The first-order valence-corrected chi connectivity index (χ1v) is 6.08. The van der Waals surface area contributed by atoms with E-state index in [1.807, 2.05) is 19.2 Å². The number of halogens is 3. The standard InChI is InChI=1S/C15H14F3NO/c1-19-10-11-6-8-12(9-7-11)20-14-5-3-2-4-13(14)15(16,17)18/h2-9,19H,10H2,1H3. The summed E-state index contributed by atoms with van der Waals surface area (Å²) in [4.78, 5) is 0. The SMILES string of the molecule is CNCc1ccc(Oc2ccccc2C(F)(F)F)cc1. The van der Waals surface area contributed by atoms with Gasteiger partial charge in [-0.15, -0.1) is 0 Å². The average molecular weight is 281 g/mol. The molecular formula is C15H14F3NO. The number of para-hydroxylation sites is 1. The van der Waals surface area contributed by atoms with Crippen LogP contribution in [0, 0.1) is 0 Å². The van der Waals surface area contributed by atoms with E-state index < -0.39 is 11.7 Å². The second kappa shape index (κ2) is 5.96. The molecule has 0 saturated carbocycles. The van der Waals surface area contributed by atoms with Crippen molar-refractivity contribution in [3.05, 3.63) is 59.7 Å². The highest BCUT2D eigenvalue weighted by molar-refractivity contribution is 5.40. The van der Waals surface area contributed by atoms with Gasteiger partial charge in [-0.25, -0.2) is 0 Å². The van der Waals surface area contributed by atoms with Gasteiger partial charge in [0.2, 0.25) is 0 Å². The second-order valence-electron chi connectivity index (χ2n) is 4.27. The predicted molar refractivity (Wildman–Crippen MR) is 70.7 cm³/mol. The van der Waals surface area contributed by atoms with Gasteiger partial charge in [-0.3, -0.25) is 0 Å². The molecule has 0 heterocycles. The highest BCUT2D eigenvalue weighted by Gasteiger charge is 2.34. The first-order valence-electron chi connectivity index (χ1n) is 6.08. The van der Waals surface area contributed by atoms with E-state index in [2.05, 4.69) is 5.32 Å². The number of nitrogens with one attached hydrogen (secondary N) is 1. The molecule has 0 bridgehead atoms. The van der Waals surface area contributed by atoms with Crippen LogP contribution >= 0.6 is 0 Å². The van der Waals surface area contributed by atoms with E-state index in [1.54, 1.807) is 12.1 Å². The highest BCUT2D eigenvalue weighted by atomic mass is 19.4. The van der Waals surface area contributed by atoms with Crippen molar-refractivity contribution in [1.29, 1.82) is 0 Å². The van der Waals surface area contributed by atoms with Gasteiger partial charge in [-0.2, -0.15) is 13.2 Å². The zero-order chi connectivity index (χ0) is 14.6. The summed E-state index contributed by atoms with van der Waals surface area (Å²) in [6, 6.07) is 12.1. The minimum absolute atomic E-state index is 0.193. The number of benzene rings is 2. The maximum absolute atomic E-state index is 12.8. The van der Waals surface area contributed by atoms with Gasteiger partial charge in [0.25, 0.3) is 0 Å². The number of hydrogen-bond acceptors (Lipinski definition) is 2. The van der Waals surface area contributed by atoms with E-state index in [1.165, 1.54) is 18.2 Å². The van der Waals surface area contributed by atoms with Crippen LogP contribution in [0.3, 0.4) is 0 Å². The quantitative estimate of drug-likeness (QED) is 0.906. The first-order chi connectivity index (χ1) is 9.50. The van der Waals surface area contributed by atoms with Crippen LogP contribution in [-0.4, -0.2) is 7.05 Å². The summed E-state index contributed by atoms with van der Waals surface area (Å²) >= 11 is 0. The third-order valence-electron chi connectivity index (χ3n) is 2.72. The van der Waals surface area contributed by atoms with Gasteiger partial charge in [0.15, 0.2) is 0 Å². The zero-order valence-corrected chi connectivity index (χ0v) is 10.9. The monoisotopic (exact) mass is 281 g/mol. The Kier molecular flexibility index (Phi) is 4.29. The van der Waals surface area contributed by atoms with E-state index >= 15 is 0 Å². The van der Waals surface area contributed by atoms with Gasteiger partial charge in [0.1, 0.15) is 11.5 Å². The van der Waals surface area contributed by atoms with Crippen LogP contribution in [0.25, 0.3) is 0 Å². The Bertz CT molecular complexity index is 564. The molecule has 0 amide bonds. The van der Waals surface area contributed by atoms with E-state index in [4.69, 9.17) is 4.74 Å². The van der Waals surface area contributed by atoms with Crippen LogP contribution in [0.1, 0.15) is 11.1 Å². The van der Waals surface area contributed by atoms with Crippen molar-refractivity contribution < 1.29 is 17.9 Å². The molecule has 2 rings (SSSR count). The van der Waals surface area contributed by atoms with Crippen molar-refractivity contribution in [3.63, 3.8) is 0 Å². The Morgan fingerprint density at radius 3 is 2.25 bits per heavy atom. The van der Waals surface area contributed by atoms with Crippen LogP contribution in [0.2, 0.25) is 0 Å². The van der Waals surface area contributed by atoms with Gasteiger partial charge in [0, 0.05) is 6.54 Å². The number of hydrogen-bond donors (Lipinski definition) is 1. The first kappa shape index (κ1) is 14.4. The van der Waals surface area contributed by atoms with E-state index in [0.29, 0.717) is 12.3 Å². The lowest BCUT2D eigenvalue weighted by atomic mass is 10.2. The van der Waals surface area contributed by atoms with Gasteiger partial charge >= 0.3 is 6.18 Å². The van der Waals surface area contributed by atoms with Crippen LogP contribution in [0.15, 0.2) is 48.5 Å². The number of ether oxygens (including phenoxy) is 1. The molecule has 5 heteroatoms. The molecule has 0 unspecified atom stereocenters. The molecule has 0 aromatic heterocycles. The maximum Gasteiger partial charge on any atom is 0.419 e. The van der Waals surface area contributed by atoms with Gasteiger partial charge in [-0.1, -0.05) is 24.3 Å². The lowest BCUT2D eigenvalue weighted by Gasteiger charge is -2.13. The molecule has 0 atom stereocenters. The van der Waals surface area contributed by atoms with Crippen LogP contribution in [0.5, 0.6) is 11.5 Å².